The number of nitrogens with zero attached hydrogens (tertiary/aromatic N) is 1. The zero-order chi connectivity index (χ0) is 9.84. The molecule has 0 aliphatic rings. The van der Waals surface area contributed by atoms with Crippen LogP contribution in [0.1, 0.15) is 12.5 Å². The molecular formula is C9H8ClNO2. The minimum absolute atomic E-state index is 0.0718. The second kappa shape index (κ2) is 4.05. The summed E-state index contributed by atoms with van der Waals surface area (Å²) in [6.07, 6.45) is 1.57. The van der Waals surface area contributed by atoms with Gasteiger partial charge in [-0.2, -0.15) is 0 Å². The Balaban J connectivity index is 3.20. The van der Waals surface area contributed by atoms with E-state index in [0.717, 1.165) is 0 Å². The van der Waals surface area contributed by atoms with Gasteiger partial charge in [-0.15, -0.1) is 0 Å². The zero-order valence-corrected chi connectivity index (χ0v) is 7.78. The van der Waals surface area contributed by atoms with E-state index in [2.05, 4.69) is 0 Å². The minimum atomic E-state index is -0.425. The van der Waals surface area contributed by atoms with E-state index in [4.69, 9.17) is 11.6 Å². The van der Waals surface area contributed by atoms with Crippen LogP contribution in [0.2, 0.25) is 0 Å². The second-order valence-corrected chi connectivity index (χ2v) is 3.14. The number of halogens is 1. The Kier molecular flexibility index (Phi) is 3.03. The smallest absolute Gasteiger partial charge is 0.258 e. The second-order valence-electron chi connectivity index (χ2n) is 2.55. The Morgan fingerprint density at radius 3 is 2.69 bits per heavy atom. The molecule has 3 nitrogen and oxygen atoms in total. The molecule has 0 unspecified atom stereocenters. The van der Waals surface area contributed by atoms with Crippen molar-refractivity contribution in [3.63, 3.8) is 0 Å². The van der Waals surface area contributed by atoms with E-state index in [1.807, 2.05) is 0 Å². The van der Waals surface area contributed by atoms with Gasteiger partial charge in [0.05, 0.1) is 10.5 Å². The fourth-order valence-corrected chi connectivity index (χ4v) is 1.11. The van der Waals surface area contributed by atoms with E-state index in [-0.39, 0.29) is 5.69 Å². The Morgan fingerprint density at radius 2 is 2.15 bits per heavy atom. The average Bonchev–Trinajstić information content (AvgIpc) is 2.03. The van der Waals surface area contributed by atoms with Gasteiger partial charge in [0.1, 0.15) is 0 Å². The number of benzene rings is 1. The van der Waals surface area contributed by atoms with Crippen molar-refractivity contribution < 1.29 is 4.92 Å². The first-order valence-corrected chi connectivity index (χ1v) is 4.06. The molecule has 0 saturated heterocycles. The Morgan fingerprint density at radius 1 is 1.54 bits per heavy atom. The third-order valence-electron chi connectivity index (χ3n) is 1.49. The van der Waals surface area contributed by atoms with Crippen LogP contribution in [-0.4, -0.2) is 4.92 Å². The number of allylic oxidation sites excluding steroid dienone is 1. The Hall–Kier alpha value is -1.35. The SMILES string of the molecule is C/C(Cl)=C\c1ccccc1[N+](=O)[O-]. The van der Waals surface area contributed by atoms with Crippen LogP contribution in [0, 0.1) is 10.1 Å². The van der Waals surface area contributed by atoms with Crippen molar-refractivity contribution in [1.82, 2.24) is 0 Å². The number of para-hydroxylation sites is 1. The van der Waals surface area contributed by atoms with E-state index in [9.17, 15) is 10.1 Å². The van der Waals surface area contributed by atoms with Crippen LogP contribution in [-0.2, 0) is 0 Å². The van der Waals surface area contributed by atoms with Gasteiger partial charge in [0.2, 0.25) is 0 Å². The lowest BCUT2D eigenvalue weighted by atomic mass is 10.2. The summed E-state index contributed by atoms with van der Waals surface area (Å²) in [7, 11) is 0. The van der Waals surface area contributed by atoms with Crippen molar-refractivity contribution >= 4 is 23.4 Å². The van der Waals surface area contributed by atoms with Gasteiger partial charge in [0, 0.05) is 11.1 Å². The molecule has 0 fully saturated rings. The molecule has 0 N–H and O–H groups in total. The summed E-state index contributed by atoms with van der Waals surface area (Å²) in [5.41, 5.74) is 0.600. The first-order valence-electron chi connectivity index (χ1n) is 3.68. The summed E-state index contributed by atoms with van der Waals surface area (Å²) in [5.74, 6) is 0. The molecule has 4 heteroatoms. The van der Waals surface area contributed by atoms with Crippen LogP contribution in [0.4, 0.5) is 5.69 Å². The highest BCUT2D eigenvalue weighted by atomic mass is 35.5. The quantitative estimate of drug-likeness (QED) is 0.540. The summed E-state index contributed by atoms with van der Waals surface area (Å²) in [4.78, 5) is 10.1. The van der Waals surface area contributed by atoms with E-state index < -0.39 is 4.92 Å². The van der Waals surface area contributed by atoms with E-state index >= 15 is 0 Å². The van der Waals surface area contributed by atoms with Crippen LogP contribution >= 0.6 is 11.6 Å². The van der Waals surface area contributed by atoms with Gasteiger partial charge in [-0.05, 0) is 19.1 Å². The normalized spacial score (nSPS) is 11.4. The molecule has 1 aromatic rings. The van der Waals surface area contributed by atoms with Gasteiger partial charge in [-0.1, -0.05) is 23.7 Å². The van der Waals surface area contributed by atoms with Gasteiger partial charge < -0.3 is 0 Å². The first kappa shape index (κ1) is 9.74. The molecule has 1 rings (SSSR count). The lowest BCUT2D eigenvalue weighted by Crippen LogP contribution is -1.90. The van der Waals surface area contributed by atoms with Crippen LogP contribution in [0.3, 0.4) is 0 Å². The Labute approximate surface area is 80.8 Å². The summed E-state index contributed by atoms with van der Waals surface area (Å²) < 4.78 is 0. The molecule has 68 valence electrons. The average molecular weight is 198 g/mol. The summed E-state index contributed by atoms with van der Waals surface area (Å²) >= 11 is 5.63. The fourth-order valence-electron chi connectivity index (χ4n) is 0.990. The molecule has 1 aromatic carbocycles. The zero-order valence-electron chi connectivity index (χ0n) is 7.03. The molecule has 0 spiro atoms. The summed E-state index contributed by atoms with van der Waals surface area (Å²) in [6.45, 7) is 1.68. The number of nitro groups is 1. The maximum absolute atomic E-state index is 10.5. The fraction of sp³-hybridized carbons (Fsp3) is 0.111. The van der Waals surface area contributed by atoms with Gasteiger partial charge in [-0.25, -0.2) is 0 Å². The van der Waals surface area contributed by atoms with Gasteiger partial charge >= 0.3 is 0 Å². The van der Waals surface area contributed by atoms with Crippen LogP contribution < -0.4 is 0 Å². The van der Waals surface area contributed by atoms with Crippen molar-refractivity contribution in [3.8, 4) is 0 Å². The topological polar surface area (TPSA) is 43.1 Å². The highest BCUT2D eigenvalue weighted by Gasteiger charge is 2.09. The van der Waals surface area contributed by atoms with Crippen molar-refractivity contribution in [2.75, 3.05) is 0 Å². The predicted octanol–water partition coefficient (Wildman–Crippen LogP) is 3.19. The first-order chi connectivity index (χ1) is 6.11. The molecule has 0 aromatic heterocycles. The van der Waals surface area contributed by atoms with Crippen molar-refractivity contribution in [3.05, 3.63) is 45.0 Å². The molecule has 13 heavy (non-hydrogen) atoms. The van der Waals surface area contributed by atoms with Gasteiger partial charge in [-0.3, -0.25) is 10.1 Å². The Bertz CT molecular complexity index is 356. The maximum atomic E-state index is 10.5. The van der Waals surface area contributed by atoms with E-state index in [1.54, 1.807) is 31.2 Å². The van der Waals surface area contributed by atoms with Crippen LogP contribution in [0.5, 0.6) is 0 Å². The van der Waals surface area contributed by atoms with Crippen molar-refractivity contribution in [2.45, 2.75) is 6.92 Å². The maximum Gasteiger partial charge on any atom is 0.276 e. The largest absolute Gasteiger partial charge is 0.276 e. The highest BCUT2D eigenvalue weighted by molar-refractivity contribution is 6.31. The third kappa shape index (κ3) is 2.56. The van der Waals surface area contributed by atoms with Crippen molar-refractivity contribution in [1.29, 1.82) is 0 Å². The lowest BCUT2D eigenvalue weighted by molar-refractivity contribution is -0.385. The molecule has 0 saturated carbocycles. The predicted molar refractivity (Wildman–Crippen MR) is 52.6 cm³/mol. The molecule has 0 atom stereocenters. The monoisotopic (exact) mass is 197 g/mol. The van der Waals surface area contributed by atoms with Crippen LogP contribution in [0.25, 0.3) is 6.08 Å². The van der Waals surface area contributed by atoms with E-state index in [1.165, 1.54) is 6.07 Å². The molecule has 0 heterocycles. The molecule has 0 aliphatic carbocycles. The van der Waals surface area contributed by atoms with Crippen molar-refractivity contribution in [2.24, 2.45) is 0 Å². The lowest BCUT2D eigenvalue weighted by Gasteiger charge is -1.96. The number of rotatable bonds is 2. The molecule has 0 amide bonds. The summed E-state index contributed by atoms with van der Waals surface area (Å²) in [5, 5.41) is 11.1. The molecular weight excluding hydrogens is 190 g/mol. The third-order valence-corrected chi connectivity index (χ3v) is 1.60. The summed E-state index contributed by atoms with van der Waals surface area (Å²) in [6, 6.07) is 6.47. The number of hydrogen-bond donors (Lipinski definition) is 0. The number of hydrogen-bond acceptors (Lipinski definition) is 2. The molecule has 0 aliphatic heterocycles. The van der Waals surface area contributed by atoms with E-state index in [0.29, 0.717) is 10.6 Å². The standard InChI is InChI=1S/C9H8ClNO2/c1-7(10)6-8-4-2-3-5-9(8)11(12)13/h2-6H,1H3/b7-6+. The van der Waals surface area contributed by atoms with Crippen LogP contribution in [0.15, 0.2) is 29.3 Å². The van der Waals surface area contributed by atoms with Gasteiger partial charge in [0.25, 0.3) is 5.69 Å². The number of nitro benzene ring substituents is 1. The highest BCUT2D eigenvalue weighted by Crippen LogP contribution is 2.21. The molecule has 0 radical (unpaired) electrons. The molecule has 0 bridgehead atoms. The van der Waals surface area contributed by atoms with Gasteiger partial charge in [0.15, 0.2) is 0 Å². The minimum Gasteiger partial charge on any atom is -0.258 e.